The zero-order valence-corrected chi connectivity index (χ0v) is 12.7. The van der Waals surface area contributed by atoms with Crippen molar-refractivity contribution in [2.24, 2.45) is 0 Å². The first-order valence-corrected chi connectivity index (χ1v) is 7.57. The predicted octanol–water partition coefficient (Wildman–Crippen LogP) is 0.533. The second-order valence-corrected chi connectivity index (χ2v) is 5.40. The van der Waals surface area contributed by atoms with Crippen molar-refractivity contribution < 1.29 is 9.53 Å². The smallest absolute Gasteiger partial charge is 0.234 e. The molecule has 0 saturated carbocycles. The quantitative estimate of drug-likeness (QED) is 0.720. The SMILES string of the molecule is Cc1cccc(CNC(=O)CNCCN2CCOCC2)c1. The van der Waals surface area contributed by atoms with E-state index in [0.717, 1.165) is 45.0 Å². The monoisotopic (exact) mass is 291 g/mol. The van der Waals surface area contributed by atoms with Crippen molar-refractivity contribution in [3.05, 3.63) is 35.4 Å². The van der Waals surface area contributed by atoms with Gasteiger partial charge in [-0.1, -0.05) is 29.8 Å². The van der Waals surface area contributed by atoms with Crippen LogP contribution >= 0.6 is 0 Å². The molecule has 1 saturated heterocycles. The molecule has 2 N–H and O–H groups in total. The van der Waals surface area contributed by atoms with Gasteiger partial charge in [0, 0.05) is 32.7 Å². The topological polar surface area (TPSA) is 53.6 Å². The number of nitrogens with zero attached hydrogens (tertiary/aromatic N) is 1. The molecular weight excluding hydrogens is 266 g/mol. The number of rotatable bonds is 7. The Balaban J connectivity index is 1.55. The Morgan fingerprint density at radius 3 is 2.90 bits per heavy atom. The van der Waals surface area contributed by atoms with Gasteiger partial charge in [-0.25, -0.2) is 0 Å². The average Bonchev–Trinajstić information content (AvgIpc) is 2.51. The molecule has 1 heterocycles. The largest absolute Gasteiger partial charge is 0.379 e. The molecule has 1 aromatic rings. The molecule has 21 heavy (non-hydrogen) atoms. The highest BCUT2D eigenvalue weighted by Crippen LogP contribution is 2.02. The van der Waals surface area contributed by atoms with Crippen molar-refractivity contribution in [3.63, 3.8) is 0 Å². The molecular formula is C16H25N3O2. The van der Waals surface area contributed by atoms with Gasteiger partial charge in [-0.2, -0.15) is 0 Å². The first-order valence-electron chi connectivity index (χ1n) is 7.57. The summed E-state index contributed by atoms with van der Waals surface area (Å²) in [7, 11) is 0. The highest BCUT2D eigenvalue weighted by molar-refractivity contribution is 5.77. The van der Waals surface area contributed by atoms with Gasteiger partial charge in [0.2, 0.25) is 5.91 Å². The molecule has 1 aliphatic heterocycles. The minimum absolute atomic E-state index is 0.0403. The first-order chi connectivity index (χ1) is 10.2. The summed E-state index contributed by atoms with van der Waals surface area (Å²) in [6.07, 6.45) is 0. The maximum Gasteiger partial charge on any atom is 0.234 e. The highest BCUT2D eigenvalue weighted by atomic mass is 16.5. The summed E-state index contributed by atoms with van der Waals surface area (Å²) < 4.78 is 5.30. The van der Waals surface area contributed by atoms with E-state index in [1.54, 1.807) is 0 Å². The minimum atomic E-state index is 0.0403. The second kappa shape index (κ2) is 8.77. The summed E-state index contributed by atoms with van der Waals surface area (Å²) in [5.41, 5.74) is 2.35. The molecule has 0 atom stereocenters. The van der Waals surface area contributed by atoms with Crippen LogP contribution in [0.1, 0.15) is 11.1 Å². The Labute approximate surface area is 126 Å². The Hall–Kier alpha value is -1.43. The lowest BCUT2D eigenvalue weighted by atomic mass is 10.1. The summed E-state index contributed by atoms with van der Waals surface area (Å²) in [6, 6.07) is 8.18. The van der Waals surface area contributed by atoms with E-state index in [4.69, 9.17) is 4.74 Å². The fraction of sp³-hybridized carbons (Fsp3) is 0.562. The number of morpholine rings is 1. The third kappa shape index (κ3) is 6.25. The summed E-state index contributed by atoms with van der Waals surface area (Å²) >= 11 is 0. The van der Waals surface area contributed by atoms with Crippen LogP contribution in [0.2, 0.25) is 0 Å². The van der Waals surface area contributed by atoms with E-state index >= 15 is 0 Å². The van der Waals surface area contributed by atoms with Crippen LogP contribution in [-0.2, 0) is 16.1 Å². The van der Waals surface area contributed by atoms with Gasteiger partial charge in [0.05, 0.1) is 19.8 Å². The van der Waals surface area contributed by atoms with Crippen molar-refractivity contribution in [2.75, 3.05) is 45.9 Å². The van der Waals surface area contributed by atoms with Crippen LogP contribution < -0.4 is 10.6 Å². The van der Waals surface area contributed by atoms with Crippen LogP contribution in [0, 0.1) is 6.92 Å². The Kier molecular flexibility index (Phi) is 6.66. The molecule has 2 rings (SSSR count). The van der Waals surface area contributed by atoms with E-state index in [1.165, 1.54) is 5.56 Å². The van der Waals surface area contributed by atoms with Crippen molar-refractivity contribution in [2.45, 2.75) is 13.5 Å². The number of amides is 1. The lowest BCUT2D eigenvalue weighted by molar-refractivity contribution is -0.120. The van der Waals surface area contributed by atoms with Crippen LogP contribution in [-0.4, -0.2) is 56.7 Å². The lowest BCUT2D eigenvalue weighted by Gasteiger charge is -2.26. The third-order valence-electron chi connectivity index (χ3n) is 3.57. The van der Waals surface area contributed by atoms with Crippen molar-refractivity contribution >= 4 is 5.91 Å². The normalized spacial score (nSPS) is 15.9. The molecule has 116 valence electrons. The van der Waals surface area contributed by atoms with E-state index in [0.29, 0.717) is 13.1 Å². The number of carbonyl (C=O) groups is 1. The number of carbonyl (C=O) groups excluding carboxylic acids is 1. The first kappa shape index (κ1) is 15.9. The third-order valence-corrected chi connectivity index (χ3v) is 3.57. The molecule has 5 heteroatoms. The van der Waals surface area contributed by atoms with Gasteiger partial charge >= 0.3 is 0 Å². The molecule has 1 amide bonds. The van der Waals surface area contributed by atoms with Crippen LogP contribution in [0.25, 0.3) is 0 Å². The van der Waals surface area contributed by atoms with Gasteiger partial charge in [0.15, 0.2) is 0 Å². The highest BCUT2D eigenvalue weighted by Gasteiger charge is 2.09. The predicted molar refractivity (Wildman–Crippen MR) is 83.2 cm³/mol. The van der Waals surface area contributed by atoms with Gasteiger partial charge in [-0.3, -0.25) is 9.69 Å². The maximum atomic E-state index is 11.7. The molecule has 5 nitrogen and oxygen atoms in total. The van der Waals surface area contributed by atoms with E-state index in [-0.39, 0.29) is 5.91 Å². The lowest BCUT2D eigenvalue weighted by Crippen LogP contribution is -2.42. The van der Waals surface area contributed by atoms with Gasteiger partial charge in [0.25, 0.3) is 0 Å². The Bertz CT molecular complexity index is 445. The van der Waals surface area contributed by atoms with E-state index in [9.17, 15) is 4.79 Å². The Morgan fingerprint density at radius 1 is 1.33 bits per heavy atom. The zero-order chi connectivity index (χ0) is 14.9. The van der Waals surface area contributed by atoms with Crippen molar-refractivity contribution in [1.82, 2.24) is 15.5 Å². The molecule has 0 spiro atoms. The molecule has 1 aromatic carbocycles. The fourth-order valence-corrected chi connectivity index (χ4v) is 2.35. The summed E-state index contributed by atoms with van der Waals surface area (Å²) in [4.78, 5) is 14.1. The van der Waals surface area contributed by atoms with Crippen LogP contribution in [0.3, 0.4) is 0 Å². The van der Waals surface area contributed by atoms with E-state index in [2.05, 4.69) is 34.6 Å². The van der Waals surface area contributed by atoms with Crippen molar-refractivity contribution in [3.8, 4) is 0 Å². The molecule has 0 radical (unpaired) electrons. The van der Waals surface area contributed by atoms with Gasteiger partial charge in [0.1, 0.15) is 0 Å². The van der Waals surface area contributed by atoms with Crippen LogP contribution in [0.4, 0.5) is 0 Å². The Morgan fingerprint density at radius 2 is 2.14 bits per heavy atom. The molecule has 1 fully saturated rings. The zero-order valence-electron chi connectivity index (χ0n) is 12.7. The summed E-state index contributed by atoms with van der Waals surface area (Å²) in [5, 5.41) is 6.12. The van der Waals surface area contributed by atoms with E-state index < -0.39 is 0 Å². The number of hydrogen-bond acceptors (Lipinski definition) is 4. The number of hydrogen-bond donors (Lipinski definition) is 2. The average molecular weight is 291 g/mol. The second-order valence-electron chi connectivity index (χ2n) is 5.40. The molecule has 1 aliphatic rings. The summed E-state index contributed by atoms with van der Waals surface area (Å²) in [6.45, 7) is 8.42. The van der Waals surface area contributed by atoms with Gasteiger partial charge < -0.3 is 15.4 Å². The van der Waals surface area contributed by atoms with Crippen molar-refractivity contribution in [1.29, 1.82) is 0 Å². The number of benzene rings is 1. The molecule has 0 unspecified atom stereocenters. The van der Waals surface area contributed by atoms with E-state index in [1.807, 2.05) is 12.1 Å². The fourth-order valence-electron chi connectivity index (χ4n) is 2.35. The summed E-state index contributed by atoms with van der Waals surface area (Å²) in [5.74, 6) is 0.0403. The molecule has 0 aliphatic carbocycles. The maximum absolute atomic E-state index is 11.7. The van der Waals surface area contributed by atoms with Crippen LogP contribution in [0.5, 0.6) is 0 Å². The number of nitrogens with one attached hydrogen (secondary N) is 2. The molecule has 0 bridgehead atoms. The minimum Gasteiger partial charge on any atom is -0.379 e. The number of ether oxygens (including phenoxy) is 1. The number of aryl methyl sites for hydroxylation is 1. The van der Waals surface area contributed by atoms with Gasteiger partial charge in [-0.15, -0.1) is 0 Å². The molecule has 0 aromatic heterocycles. The standard InChI is InChI=1S/C16H25N3O2/c1-14-3-2-4-15(11-14)12-18-16(20)13-17-5-6-19-7-9-21-10-8-19/h2-4,11,17H,5-10,12-13H2,1H3,(H,18,20). The van der Waals surface area contributed by atoms with Gasteiger partial charge in [-0.05, 0) is 12.5 Å². The van der Waals surface area contributed by atoms with Crippen LogP contribution in [0.15, 0.2) is 24.3 Å².